The summed E-state index contributed by atoms with van der Waals surface area (Å²) in [5.41, 5.74) is 3.70. The molecule has 0 bridgehead atoms. The molecule has 4 heterocycles. The van der Waals surface area contributed by atoms with Crippen LogP contribution in [0.4, 0.5) is 11.4 Å². The van der Waals surface area contributed by atoms with E-state index in [1.54, 1.807) is 53.9 Å². The van der Waals surface area contributed by atoms with Crippen LogP contribution in [-0.2, 0) is 29.1 Å². The van der Waals surface area contributed by atoms with Crippen LogP contribution in [-0.4, -0.2) is 48.1 Å². The molecule has 0 saturated carbocycles. The average molecular weight is 659 g/mol. The molecular formula is C33H41Cl2N5O5. The van der Waals surface area contributed by atoms with Crippen molar-refractivity contribution < 1.29 is 18.7 Å². The number of aromatic nitrogens is 2. The number of halogens is 2. The summed E-state index contributed by atoms with van der Waals surface area (Å²) in [7, 11) is 1.70. The first-order chi connectivity index (χ1) is 20.6. The average Bonchev–Trinajstić information content (AvgIpc) is 3.37. The summed E-state index contributed by atoms with van der Waals surface area (Å²) in [6, 6.07) is 11.4. The number of benzene rings is 1. The Morgan fingerprint density at radius 3 is 2.56 bits per heavy atom. The lowest BCUT2D eigenvalue weighted by Crippen LogP contribution is -2.47. The first-order valence-electron chi connectivity index (χ1n) is 14.7. The highest BCUT2D eigenvalue weighted by molar-refractivity contribution is 6.20. The Labute approximate surface area is 275 Å². The molecule has 4 aromatic rings. The number of hydrogen-bond donors (Lipinski definition) is 1. The van der Waals surface area contributed by atoms with Gasteiger partial charge in [-0.3, -0.25) is 19.4 Å². The number of fused-ring (bicyclic) bond motifs is 2. The minimum absolute atomic E-state index is 0. The molecule has 1 aromatic carbocycles. The Morgan fingerprint density at radius 1 is 1.02 bits per heavy atom. The molecule has 2 amide bonds. The second-order valence-electron chi connectivity index (χ2n) is 11.4. The summed E-state index contributed by atoms with van der Waals surface area (Å²) in [5.74, 6) is 0.209. The molecule has 0 unspecified atom stereocenters. The lowest BCUT2D eigenvalue weighted by Gasteiger charge is -2.27. The van der Waals surface area contributed by atoms with Gasteiger partial charge in [0.05, 0.1) is 29.6 Å². The summed E-state index contributed by atoms with van der Waals surface area (Å²) < 4.78 is 13.1. The Kier molecular flexibility index (Phi) is 11.8. The largest absolute Gasteiger partial charge is 0.493 e. The van der Waals surface area contributed by atoms with Crippen molar-refractivity contribution in [3.63, 3.8) is 0 Å². The molecule has 0 fully saturated rings. The molecule has 1 aliphatic heterocycles. The molecule has 12 heteroatoms. The molecule has 1 aliphatic rings. The third-order valence-electron chi connectivity index (χ3n) is 8.00. The lowest BCUT2D eigenvalue weighted by atomic mass is 9.90. The first-order valence-corrected chi connectivity index (χ1v) is 14.7. The summed E-state index contributed by atoms with van der Waals surface area (Å²) in [5, 5.41) is 4.08. The molecule has 5 rings (SSSR count). The second kappa shape index (κ2) is 14.9. The van der Waals surface area contributed by atoms with Gasteiger partial charge in [0.15, 0.2) is 0 Å². The minimum atomic E-state index is -1.14. The Hall–Kier alpha value is -3.86. The summed E-state index contributed by atoms with van der Waals surface area (Å²) >= 11 is 0. The molecule has 0 aliphatic carbocycles. The second-order valence-corrected chi connectivity index (χ2v) is 11.4. The fourth-order valence-corrected chi connectivity index (χ4v) is 5.51. The molecule has 0 atom stereocenters. The highest BCUT2D eigenvalue weighted by atomic mass is 35.5. The minimum Gasteiger partial charge on any atom is -0.493 e. The molecule has 45 heavy (non-hydrogen) atoms. The number of furan rings is 1. The highest BCUT2D eigenvalue weighted by Gasteiger charge is 2.45. The SMILES string of the molecule is CCN1C(=O)C(C)(C)C(=O)N(C)c2cc(OCCCNCc3ccnc(CCn4ccc5occ(C)c5c4=O)c3)ccc21.Cl.Cl. The predicted molar refractivity (Wildman–Crippen MR) is 181 cm³/mol. The fraction of sp³-hybridized carbons (Fsp3) is 0.394. The van der Waals surface area contributed by atoms with Crippen molar-refractivity contribution in [2.24, 2.45) is 5.41 Å². The van der Waals surface area contributed by atoms with Crippen molar-refractivity contribution in [2.75, 3.05) is 36.5 Å². The third kappa shape index (κ3) is 7.35. The van der Waals surface area contributed by atoms with E-state index < -0.39 is 5.41 Å². The maximum atomic E-state index is 13.1. The Balaban J connectivity index is 0.00000276. The smallest absolute Gasteiger partial charge is 0.261 e. The van der Waals surface area contributed by atoms with Gasteiger partial charge in [0.2, 0.25) is 11.8 Å². The van der Waals surface area contributed by atoms with Crippen LogP contribution in [0.15, 0.2) is 64.3 Å². The fourth-order valence-electron chi connectivity index (χ4n) is 5.51. The van der Waals surface area contributed by atoms with Crippen molar-refractivity contribution in [1.29, 1.82) is 0 Å². The van der Waals surface area contributed by atoms with Gasteiger partial charge in [-0.2, -0.15) is 0 Å². The predicted octanol–water partition coefficient (Wildman–Crippen LogP) is 5.30. The number of carbonyl (C=O) groups is 2. The number of carbonyl (C=O) groups excluding carboxylic acids is 2. The van der Waals surface area contributed by atoms with Crippen LogP contribution in [0.5, 0.6) is 5.75 Å². The van der Waals surface area contributed by atoms with Crippen LogP contribution in [0.3, 0.4) is 0 Å². The maximum Gasteiger partial charge on any atom is 0.261 e. The van der Waals surface area contributed by atoms with Crippen molar-refractivity contribution in [2.45, 2.75) is 53.6 Å². The van der Waals surface area contributed by atoms with E-state index in [0.29, 0.717) is 60.8 Å². The van der Waals surface area contributed by atoms with Gasteiger partial charge in [-0.25, -0.2) is 0 Å². The number of aryl methyl sites for hydroxylation is 3. The summed E-state index contributed by atoms with van der Waals surface area (Å²) in [6.07, 6.45) is 6.62. The van der Waals surface area contributed by atoms with Crippen LogP contribution >= 0.6 is 24.8 Å². The number of pyridine rings is 2. The van der Waals surface area contributed by atoms with Crippen molar-refractivity contribution >= 4 is 59.0 Å². The van der Waals surface area contributed by atoms with Crippen LogP contribution in [0, 0.1) is 12.3 Å². The number of anilines is 2. The Bertz CT molecular complexity index is 1720. The number of nitrogens with one attached hydrogen (secondary N) is 1. The molecular weight excluding hydrogens is 617 g/mol. The molecule has 0 spiro atoms. The number of hydrogen-bond acceptors (Lipinski definition) is 7. The molecule has 242 valence electrons. The van der Waals surface area contributed by atoms with Gasteiger partial charge in [-0.15, -0.1) is 24.8 Å². The molecule has 10 nitrogen and oxygen atoms in total. The zero-order valence-electron chi connectivity index (χ0n) is 26.3. The number of nitrogens with zero attached hydrogens (tertiary/aromatic N) is 4. The van der Waals surface area contributed by atoms with E-state index in [2.05, 4.69) is 16.4 Å². The van der Waals surface area contributed by atoms with Crippen LogP contribution < -0.4 is 25.4 Å². The van der Waals surface area contributed by atoms with Crippen LogP contribution in [0.1, 0.15) is 44.0 Å². The van der Waals surface area contributed by atoms with E-state index in [4.69, 9.17) is 9.15 Å². The summed E-state index contributed by atoms with van der Waals surface area (Å²) in [6.45, 7) is 10.1. The standard InChI is InChI=1S/C33H39N5O5.2ClH/c1-6-38-26-9-8-25(19-27(26)36(5)31(40)33(3,4)32(38)41)42-17-7-13-34-20-23-10-14-35-24(18-23)11-15-37-16-12-28-29(30(37)39)22(2)21-43-28;;/h8-10,12,14,16,18-19,21,34H,6-7,11,13,15,17,20H2,1-5H3;2*1H. The van der Waals surface area contributed by atoms with E-state index in [1.165, 1.54) is 0 Å². The zero-order valence-corrected chi connectivity index (χ0v) is 27.9. The monoisotopic (exact) mass is 657 g/mol. The van der Waals surface area contributed by atoms with E-state index in [9.17, 15) is 14.4 Å². The summed E-state index contributed by atoms with van der Waals surface area (Å²) in [4.78, 5) is 46.6. The van der Waals surface area contributed by atoms with Crippen LogP contribution in [0.25, 0.3) is 11.0 Å². The van der Waals surface area contributed by atoms with E-state index in [0.717, 1.165) is 29.8 Å². The van der Waals surface area contributed by atoms with E-state index >= 15 is 0 Å². The van der Waals surface area contributed by atoms with Crippen molar-refractivity contribution in [3.8, 4) is 5.75 Å². The number of rotatable bonds is 11. The molecule has 0 radical (unpaired) electrons. The normalized spacial score (nSPS) is 14.1. The van der Waals surface area contributed by atoms with Gasteiger partial charge in [-0.1, -0.05) is 0 Å². The molecule has 1 N–H and O–H groups in total. The van der Waals surface area contributed by atoms with Crippen molar-refractivity contribution in [1.82, 2.24) is 14.9 Å². The quantitative estimate of drug-likeness (QED) is 0.172. The van der Waals surface area contributed by atoms with Gasteiger partial charge in [0.1, 0.15) is 16.7 Å². The zero-order chi connectivity index (χ0) is 30.7. The Morgan fingerprint density at radius 2 is 1.80 bits per heavy atom. The van der Waals surface area contributed by atoms with Gasteiger partial charge in [0.25, 0.3) is 5.56 Å². The number of amides is 2. The van der Waals surface area contributed by atoms with E-state index in [-0.39, 0.29) is 42.2 Å². The number of ether oxygens (including phenoxy) is 1. The van der Waals surface area contributed by atoms with Gasteiger partial charge in [0, 0.05) is 62.8 Å². The topological polar surface area (TPSA) is 110 Å². The third-order valence-corrected chi connectivity index (χ3v) is 8.00. The van der Waals surface area contributed by atoms with Crippen LogP contribution in [0.2, 0.25) is 0 Å². The highest BCUT2D eigenvalue weighted by Crippen LogP contribution is 2.40. The first kappa shape index (κ1) is 35.6. The van der Waals surface area contributed by atoms with Gasteiger partial charge >= 0.3 is 0 Å². The van der Waals surface area contributed by atoms with Crippen molar-refractivity contribution in [3.05, 3.63) is 82.2 Å². The van der Waals surface area contributed by atoms with E-state index in [1.807, 2.05) is 44.2 Å². The molecule has 0 saturated heterocycles. The van der Waals surface area contributed by atoms with Gasteiger partial charge < -0.3 is 28.8 Å². The molecule has 3 aromatic heterocycles. The van der Waals surface area contributed by atoms with Gasteiger partial charge in [-0.05, 0) is 76.6 Å². The maximum absolute atomic E-state index is 13.1. The lowest BCUT2D eigenvalue weighted by molar-refractivity contribution is -0.137.